The molecule has 26 heavy (non-hydrogen) atoms. The summed E-state index contributed by atoms with van der Waals surface area (Å²) in [4.78, 5) is 13.6. The van der Waals surface area contributed by atoms with Gasteiger partial charge in [0.05, 0.1) is 16.0 Å². The van der Waals surface area contributed by atoms with Crippen LogP contribution in [-0.2, 0) is 4.74 Å². The number of benzene rings is 1. The van der Waals surface area contributed by atoms with E-state index in [0.29, 0.717) is 22.9 Å². The van der Waals surface area contributed by atoms with Crippen LogP contribution in [0.3, 0.4) is 0 Å². The molecular formula is C19H28ClN3O3. The summed E-state index contributed by atoms with van der Waals surface area (Å²) in [6.07, 6.45) is 7.15. The van der Waals surface area contributed by atoms with Crippen LogP contribution in [0.2, 0.25) is 5.02 Å². The summed E-state index contributed by atoms with van der Waals surface area (Å²) in [6, 6.07) is 4.16. The van der Waals surface area contributed by atoms with Gasteiger partial charge in [-0.15, -0.1) is 0 Å². The number of ether oxygens (including phenoxy) is 1. The second-order valence-corrected chi connectivity index (χ2v) is 7.90. The van der Waals surface area contributed by atoms with Gasteiger partial charge in [0.1, 0.15) is 5.69 Å². The van der Waals surface area contributed by atoms with Crippen molar-refractivity contribution in [2.24, 2.45) is 0 Å². The monoisotopic (exact) mass is 381 g/mol. The van der Waals surface area contributed by atoms with E-state index in [1.54, 1.807) is 13.2 Å². The van der Waals surface area contributed by atoms with Crippen molar-refractivity contribution in [1.29, 1.82) is 0 Å². The fourth-order valence-corrected chi connectivity index (χ4v) is 4.37. The predicted molar refractivity (Wildman–Crippen MR) is 104 cm³/mol. The maximum atomic E-state index is 11.3. The van der Waals surface area contributed by atoms with Crippen LogP contribution in [0.4, 0.5) is 11.4 Å². The third kappa shape index (κ3) is 4.48. The zero-order valence-corrected chi connectivity index (χ0v) is 16.3. The minimum Gasteiger partial charge on any atom is -0.381 e. The molecule has 7 heteroatoms. The van der Waals surface area contributed by atoms with Gasteiger partial charge in [-0.1, -0.05) is 11.6 Å². The number of nitrogens with one attached hydrogen (secondary N) is 1. The van der Waals surface area contributed by atoms with E-state index >= 15 is 0 Å². The molecule has 2 fully saturated rings. The molecule has 1 aromatic rings. The van der Waals surface area contributed by atoms with Gasteiger partial charge in [0.2, 0.25) is 0 Å². The molecule has 0 atom stereocenters. The van der Waals surface area contributed by atoms with Crippen molar-refractivity contribution in [3.8, 4) is 0 Å². The molecule has 1 aliphatic heterocycles. The number of rotatable bonds is 5. The largest absolute Gasteiger partial charge is 0.381 e. The Kier molecular flexibility index (Phi) is 6.37. The molecule has 1 aliphatic carbocycles. The molecule has 144 valence electrons. The second-order valence-electron chi connectivity index (χ2n) is 7.50. The summed E-state index contributed by atoms with van der Waals surface area (Å²) in [5, 5.41) is 15.2. The van der Waals surface area contributed by atoms with Gasteiger partial charge >= 0.3 is 0 Å². The smallest absolute Gasteiger partial charge is 0.293 e. The summed E-state index contributed by atoms with van der Waals surface area (Å²) < 4.78 is 5.47. The minimum atomic E-state index is -0.364. The zero-order chi connectivity index (χ0) is 18.7. The molecule has 0 spiro atoms. The first-order valence-corrected chi connectivity index (χ1v) is 9.83. The molecule has 0 amide bonds. The molecule has 6 nitrogen and oxygen atoms in total. The van der Waals surface area contributed by atoms with Crippen molar-refractivity contribution in [1.82, 2.24) is 4.90 Å². The van der Waals surface area contributed by atoms with E-state index < -0.39 is 0 Å². The normalized spacial score (nSPS) is 25.2. The van der Waals surface area contributed by atoms with Crippen molar-refractivity contribution < 1.29 is 9.66 Å². The van der Waals surface area contributed by atoms with E-state index in [-0.39, 0.29) is 16.7 Å². The quantitative estimate of drug-likeness (QED) is 0.605. The first kappa shape index (κ1) is 19.4. The number of halogens is 1. The standard InChI is InChI=1S/C19H28ClN3O3/c1-13-11-18(19(23(24)25)12-17(13)20)21-14-7-9-22(10-8-14)15-3-5-16(26-2)6-4-15/h11-12,14-16,21H,3-10H2,1-2H3. The maximum Gasteiger partial charge on any atom is 0.293 e. The highest BCUT2D eigenvalue weighted by Crippen LogP contribution is 2.33. The highest BCUT2D eigenvalue weighted by molar-refractivity contribution is 6.31. The average Bonchev–Trinajstić information content (AvgIpc) is 2.65. The Balaban J connectivity index is 1.56. The highest BCUT2D eigenvalue weighted by Gasteiger charge is 2.29. The first-order valence-electron chi connectivity index (χ1n) is 9.46. The molecule has 3 rings (SSSR count). The van der Waals surface area contributed by atoms with Crippen molar-refractivity contribution in [3.63, 3.8) is 0 Å². The van der Waals surface area contributed by atoms with Gasteiger partial charge < -0.3 is 15.0 Å². The van der Waals surface area contributed by atoms with Gasteiger partial charge in [-0.05, 0) is 57.1 Å². The third-order valence-corrected chi connectivity index (χ3v) is 6.26. The van der Waals surface area contributed by atoms with Crippen LogP contribution in [0.5, 0.6) is 0 Å². The Morgan fingerprint density at radius 1 is 1.19 bits per heavy atom. The van der Waals surface area contributed by atoms with Crippen molar-refractivity contribution >= 4 is 23.0 Å². The van der Waals surface area contributed by atoms with E-state index in [2.05, 4.69) is 10.2 Å². The second kappa shape index (κ2) is 8.55. The van der Waals surface area contributed by atoms with Crippen LogP contribution in [0, 0.1) is 17.0 Å². The number of likely N-dealkylation sites (tertiary alicyclic amines) is 1. The number of hydrogen-bond acceptors (Lipinski definition) is 5. The SMILES string of the molecule is COC1CCC(N2CCC(Nc3cc(C)c(Cl)cc3[N+](=O)[O-])CC2)CC1. The minimum absolute atomic E-state index is 0.0564. The van der Waals surface area contributed by atoms with Gasteiger partial charge in [0.25, 0.3) is 5.69 Å². The molecule has 1 heterocycles. The summed E-state index contributed by atoms with van der Waals surface area (Å²) in [5.41, 5.74) is 1.49. The molecule has 0 bridgehead atoms. The van der Waals surface area contributed by atoms with E-state index in [4.69, 9.17) is 16.3 Å². The average molecular weight is 382 g/mol. The van der Waals surface area contributed by atoms with Crippen LogP contribution in [0.15, 0.2) is 12.1 Å². The highest BCUT2D eigenvalue weighted by atomic mass is 35.5. The number of hydrogen-bond donors (Lipinski definition) is 1. The summed E-state index contributed by atoms with van der Waals surface area (Å²) in [6.45, 7) is 3.96. The number of anilines is 1. The molecule has 0 radical (unpaired) electrons. The lowest BCUT2D eigenvalue weighted by Crippen LogP contribution is -2.46. The molecule has 1 saturated carbocycles. The Hall–Kier alpha value is -1.37. The zero-order valence-electron chi connectivity index (χ0n) is 15.5. The van der Waals surface area contributed by atoms with Gasteiger partial charge in [-0.2, -0.15) is 0 Å². The predicted octanol–water partition coefficient (Wildman–Crippen LogP) is 4.39. The van der Waals surface area contributed by atoms with Gasteiger partial charge in [-0.25, -0.2) is 0 Å². The maximum absolute atomic E-state index is 11.3. The number of piperidine rings is 1. The fourth-order valence-electron chi connectivity index (χ4n) is 4.21. The number of nitro benzene ring substituents is 1. The Labute approximate surface area is 160 Å². The van der Waals surface area contributed by atoms with Gasteiger partial charge in [-0.3, -0.25) is 10.1 Å². The van der Waals surface area contributed by atoms with Crippen LogP contribution < -0.4 is 5.32 Å². The molecular weight excluding hydrogens is 354 g/mol. The summed E-state index contributed by atoms with van der Waals surface area (Å²) >= 11 is 6.05. The summed E-state index contributed by atoms with van der Waals surface area (Å²) in [5.74, 6) is 0. The molecule has 1 saturated heterocycles. The Morgan fingerprint density at radius 2 is 1.85 bits per heavy atom. The Morgan fingerprint density at radius 3 is 2.42 bits per heavy atom. The molecule has 2 aliphatic rings. The van der Waals surface area contributed by atoms with Gasteiger partial charge in [0.15, 0.2) is 0 Å². The van der Waals surface area contributed by atoms with Crippen LogP contribution >= 0.6 is 11.6 Å². The number of nitro groups is 1. The topological polar surface area (TPSA) is 67.6 Å². The van der Waals surface area contributed by atoms with E-state index in [1.165, 1.54) is 18.9 Å². The van der Waals surface area contributed by atoms with Crippen LogP contribution in [0.25, 0.3) is 0 Å². The fraction of sp³-hybridized carbons (Fsp3) is 0.684. The number of methoxy groups -OCH3 is 1. The van der Waals surface area contributed by atoms with Crippen LogP contribution in [-0.4, -0.2) is 48.2 Å². The van der Waals surface area contributed by atoms with Gasteiger partial charge in [0, 0.05) is 38.3 Å². The lowest BCUT2D eigenvalue weighted by atomic mass is 9.90. The Bertz CT molecular complexity index is 639. The van der Waals surface area contributed by atoms with Crippen LogP contribution in [0.1, 0.15) is 44.1 Å². The lowest BCUT2D eigenvalue weighted by molar-refractivity contribution is -0.384. The van der Waals surface area contributed by atoms with Crippen molar-refractivity contribution in [2.75, 3.05) is 25.5 Å². The number of aryl methyl sites for hydroxylation is 1. The summed E-state index contributed by atoms with van der Waals surface area (Å²) in [7, 11) is 1.81. The van der Waals surface area contributed by atoms with E-state index in [9.17, 15) is 10.1 Å². The molecule has 1 aromatic carbocycles. The van der Waals surface area contributed by atoms with E-state index in [0.717, 1.165) is 44.3 Å². The first-order chi connectivity index (χ1) is 12.5. The van der Waals surface area contributed by atoms with E-state index in [1.807, 2.05) is 6.92 Å². The van der Waals surface area contributed by atoms with Crippen molar-refractivity contribution in [3.05, 3.63) is 32.8 Å². The van der Waals surface area contributed by atoms with Crippen molar-refractivity contribution in [2.45, 2.75) is 63.6 Å². The lowest BCUT2D eigenvalue weighted by Gasteiger charge is -2.40. The third-order valence-electron chi connectivity index (χ3n) is 5.86. The number of nitrogens with zero attached hydrogens (tertiary/aromatic N) is 2. The molecule has 1 N–H and O–H groups in total. The molecule has 0 aromatic heterocycles. The molecule has 0 unspecified atom stereocenters.